The Morgan fingerprint density at radius 1 is 1.33 bits per heavy atom. The van der Waals surface area contributed by atoms with Crippen LogP contribution in [0.2, 0.25) is 0 Å². The fourth-order valence-corrected chi connectivity index (χ4v) is 1.46. The molecule has 1 heterocycles. The van der Waals surface area contributed by atoms with Crippen molar-refractivity contribution in [2.45, 2.75) is 0 Å². The van der Waals surface area contributed by atoms with Gasteiger partial charge < -0.3 is 9.47 Å². The van der Waals surface area contributed by atoms with Crippen molar-refractivity contribution < 1.29 is 14.3 Å². The van der Waals surface area contributed by atoms with Crippen LogP contribution < -0.4 is 4.74 Å². The Bertz CT molecular complexity index is 533. The molecule has 0 bridgehead atoms. The monoisotopic (exact) mass is 240 g/mol. The summed E-state index contributed by atoms with van der Waals surface area (Å²) in [6.07, 6.45) is 8.39. The van der Waals surface area contributed by atoms with Crippen LogP contribution in [0, 0.1) is 12.3 Å². The van der Waals surface area contributed by atoms with Gasteiger partial charge >= 0.3 is 0 Å². The molecule has 0 saturated carbocycles. The number of terminal acetylenes is 1. The number of ether oxygens (including phenoxy) is 2. The van der Waals surface area contributed by atoms with Crippen LogP contribution in [0.25, 0.3) is 0 Å². The van der Waals surface area contributed by atoms with Crippen molar-refractivity contribution in [2.75, 3.05) is 13.2 Å². The van der Waals surface area contributed by atoms with E-state index in [1.54, 1.807) is 12.2 Å². The maximum Gasteiger partial charge on any atom is 0.270 e. The van der Waals surface area contributed by atoms with E-state index in [-0.39, 0.29) is 5.76 Å². The van der Waals surface area contributed by atoms with Gasteiger partial charge in [0, 0.05) is 5.57 Å². The van der Waals surface area contributed by atoms with Crippen LogP contribution in [0.15, 0.2) is 53.8 Å². The first-order valence-corrected chi connectivity index (χ1v) is 5.51. The molecule has 0 amide bonds. The SMILES string of the molecule is C#CC(=O)C1=CC=C(COc2ccccc2)CO1. The Kier molecular flexibility index (Phi) is 3.83. The topological polar surface area (TPSA) is 35.5 Å². The number of carbonyl (C=O) groups excluding carboxylic acids is 1. The van der Waals surface area contributed by atoms with E-state index < -0.39 is 5.78 Å². The normalized spacial score (nSPS) is 13.7. The standard InChI is InChI=1S/C15H12O3/c1-2-14(16)15-9-8-12(11-18-15)10-17-13-6-4-3-5-7-13/h1,3-9H,10-11H2. The second-order valence-corrected chi connectivity index (χ2v) is 3.72. The van der Waals surface area contributed by atoms with Gasteiger partial charge in [-0.1, -0.05) is 24.3 Å². The number of Topliss-reactive ketones (excluding diaryl/α,β-unsaturated/α-hetero) is 1. The third kappa shape index (κ3) is 3.02. The molecule has 0 saturated heterocycles. The Balaban J connectivity index is 1.93. The van der Waals surface area contributed by atoms with E-state index in [1.165, 1.54) is 0 Å². The maximum atomic E-state index is 11.2. The Morgan fingerprint density at radius 2 is 2.11 bits per heavy atom. The smallest absolute Gasteiger partial charge is 0.270 e. The van der Waals surface area contributed by atoms with E-state index in [2.05, 4.69) is 0 Å². The van der Waals surface area contributed by atoms with E-state index in [1.807, 2.05) is 36.3 Å². The van der Waals surface area contributed by atoms with Gasteiger partial charge in [-0.15, -0.1) is 6.42 Å². The lowest BCUT2D eigenvalue weighted by atomic mass is 10.2. The molecule has 1 aromatic rings. The molecule has 2 rings (SSSR count). The summed E-state index contributed by atoms with van der Waals surface area (Å²) in [5, 5.41) is 0. The van der Waals surface area contributed by atoms with Crippen LogP contribution in [0.4, 0.5) is 0 Å². The molecule has 0 fully saturated rings. The second-order valence-electron chi connectivity index (χ2n) is 3.72. The summed E-state index contributed by atoms with van der Waals surface area (Å²) in [6, 6.07) is 9.51. The third-order valence-electron chi connectivity index (χ3n) is 2.41. The Hall–Kier alpha value is -2.47. The number of benzene rings is 1. The molecular weight excluding hydrogens is 228 g/mol. The van der Waals surface area contributed by atoms with Gasteiger partial charge in [-0.2, -0.15) is 0 Å². The molecule has 0 unspecified atom stereocenters. The fourth-order valence-electron chi connectivity index (χ4n) is 1.46. The molecule has 3 heteroatoms. The Labute approximate surface area is 106 Å². The molecule has 0 radical (unpaired) electrons. The fraction of sp³-hybridized carbons (Fsp3) is 0.133. The molecule has 0 aliphatic carbocycles. The zero-order valence-electron chi connectivity index (χ0n) is 9.76. The van der Waals surface area contributed by atoms with Crippen LogP contribution in [0.1, 0.15) is 0 Å². The van der Waals surface area contributed by atoms with Crippen molar-refractivity contribution >= 4 is 5.78 Å². The highest BCUT2D eigenvalue weighted by molar-refractivity contribution is 6.06. The molecule has 18 heavy (non-hydrogen) atoms. The van der Waals surface area contributed by atoms with Crippen LogP contribution in [0.3, 0.4) is 0 Å². The summed E-state index contributed by atoms with van der Waals surface area (Å²) < 4.78 is 10.8. The van der Waals surface area contributed by atoms with E-state index in [0.717, 1.165) is 11.3 Å². The zero-order valence-corrected chi connectivity index (χ0v) is 9.76. The number of para-hydroxylation sites is 1. The molecule has 1 aliphatic heterocycles. The van der Waals surface area contributed by atoms with Gasteiger partial charge in [0.2, 0.25) is 0 Å². The average Bonchev–Trinajstić information content (AvgIpc) is 2.46. The zero-order chi connectivity index (χ0) is 12.8. The first-order chi connectivity index (χ1) is 8.79. The minimum atomic E-state index is -0.436. The first-order valence-electron chi connectivity index (χ1n) is 5.51. The number of ketones is 1. The molecule has 1 aromatic carbocycles. The van der Waals surface area contributed by atoms with E-state index >= 15 is 0 Å². The maximum absolute atomic E-state index is 11.2. The van der Waals surface area contributed by atoms with Crippen molar-refractivity contribution in [1.29, 1.82) is 0 Å². The lowest BCUT2D eigenvalue weighted by molar-refractivity contribution is -0.113. The summed E-state index contributed by atoms with van der Waals surface area (Å²) in [6.45, 7) is 0.754. The number of hydrogen-bond acceptors (Lipinski definition) is 3. The van der Waals surface area contributed by atoms with Crippen LogP contribution in [0.5, 0.6) is 5.75 Å². The van der Waals surface area contributed by atoms with Crippen LogP contribution in [-0.2, 0) is 9.53 Å². The summed E-state index contributed by atoms with van der Waals surface area (Å²) in [5.41, 5.74) is 0.951. The van der Waals surface area contributed by atoms with Gasteiger partial charge in [0.05, 0.1) is 0 Å². The molecule has 0 aromatic heterocycles. The highest BCUT2D eigenvalue weighted by Gasteiger charge is 2.12. The van der Waals surface area contributed by atoms with Gasteiger partial charge in [-0.3, -0.25) is 4.79 Å². The van der Waals surface area contributed by atoms with Crippen molar-refractivity contribution in [3.63, 3.8) is 0 Å². The van der Waals surface area contributed by atoms with Gasteiger partial charge in [0.25, 0.3) is 5.78 Å². The number of allylic oxidation sites excluding steroid dienone is 3. The third-order valence-corrected chi connectivity index (χ3v) is 2.41. The average molecular weight is 240 g/mol. The predicted molar refractivity (Wildman–Crippen MR) is 67.9 cm³/mol. The largest absolute Gasteiger partial charge is 0.489 e. The van der Waals surface area contributed by atoms with Crippen molar-refractivity contribution in [2.24, 2.45) is 0 Å². The van der Waals surface area contributed by atoms with Gasteiger partial charge in [0.15, 0.2) is 5.76 Å². The number of carbonyl (C=O) groups is 1. The number of hydrogen-bond donors (Lipinski definition) is 0. The summed E-state index contributed by atoms with van der Waals surface area (Å²) in [4.78, 5) is 11.2. The van der Waals surface area contributed by atoms with Gasteiger partial charge in [-0.25, -0.2) is 0 Å². The Morgan fingerprint density at radius 3 is 2.72 bits per heavy atom. The van der Waals surface area contributed by atoms with Crippen LogP contribution >= 0.6 is 0 Å². The highest BCUT2D eigenvalue weighted by atomic mass is 16.5. The lowest BCUT2D eigenvalue weighted by Crippen LogP contribution is -2.14. The molecule has 1 aliphatic rings. The van der Waals surface area contributed by atoms with Gasteiger partial charge in [0.1, 0.15) is 19.0 Å². The molecule has 0 N–H and O–H groups in total. The molecule has 0 atom stereocenters. The van der Waals surface area contributed by atoms with Crippen molar-refractivity contribution in [3.8, 4) is 18.1 Å². The van der Waals surface area contributed by atoms with E-state index in [0.29, 0.717) is 13.2 Å². The second kappa shape index (κ2) is 5.74. The summed E-state index contributed by atoms with van der Waals surface area (Å²) >= 11 is 0. The predicted octanol–water partition coefficient (Wildman–Crippen LogP) is 2.11. The van der Waals surface area contributed by atoms with Crippen molar-refractivity contribution in [1.82, 2.24) is 0 Å². The van der Waals surface area contributed by atoms with E-state index in [4.69, 9.17) is 15.9 Å². The molecular formula is C15H12O3. The highest BCUT2D eigenvalue weighted by Crippen LogP contribution is 2.14. The van der Waals surface area contributed by atoms with E-state index in [9.17, 15) is 4.79 Å². The minimum Gasteiger partial charge on any atom is -0.489 e. The summed E-state index contributed by atoms with van der Waals surface area (Å²) in [7, 11) is 0. The van der Waals surface area contributed by atoms with Crippen molar-refractivity contribution in [3.05, 3.63) is 53.8 Å². The summed E-state index contributed by atoms with van der Waals surface area (Å²) in [5.74, 6) is 2.59. The van der Waals surface area contributed by atoms with Crippen LogP contribution in [-0.4, -0.2) is 19.0 Å². The molecule has 3 nitrogen and oxygen atoms in total. The molecule has 0 spiro atoms. The first kappa shape index (κ1) is 12.0. The lowest BCUT2D eigenvalue weighted by Gasteiger charge is -2.15. The molecule has 90 valence electrons. The van der Waals surface area contributed by atoms with Gasteiger partial charge in [-0.05, 0) is 24.1 Å². The number of rotatable bonds is 4. The quantitative estimate of drug-likeness (QED) is 0.597. The minimum absolute atomic E-state index is 0.209.